The van der Waals surface area contributed by atoms with E-state index in [9.17, 15) is 13.2 Å². The number of aromatic nitrogens is 1. The van der Waals surface area contributed by atoms with Gasteiger partial charge >= 0.3 is 0 Å². The van der Waals surface area contributed by atoms with Crippen LogP contribution in [-0.4, -0.2) is 54.3 Å². The van der Waals surface area contributed by atoms with Gasteiger partial charge in [-0.3, -0.25) is 4.79 Å². The van der Waals surface area contributed by atoms with Crippen molar-refractivity contribution in [3.8, 4) is 0 Å². The van der Waals surface area contributed by atoms with Gasteiger partial charge in [-0.25, -0.2) is 8.42 Å². The Hall–Kier alpha value is -0.990. The summed E-state index contributed by atoms with van der Waals surface area (Å²) in [6.07, 6.45) is 9.46. The summed E-state index contributed by atoms with van der Waals surface area (Å²) in [7, 11) is -3.51. The number of nitrogens with zero attached hydrogens (tertiary/aromatic N) is 1. The Kier molecular flexibility index (Phi) is 6.46. The van der Waals surface area contributed by atoms with Gasteiger partial charge in [0.15, 0.2) is 0 Å². The number of nitrogens with one attached hydrogen (secondary N) is 2. The number of hydrogen-bond donors (Lipinski definition) is 2. The van der Waals surface area contributed by atoms with E-state index in [0.29, 0.717) is 18.8 Å². The maximum atomic E-state index is 12.7. The quantitative estimate of drug-likeness (QED) is 0.835. The summed E-state index contributed by atoms with van der Waals surface area (Å²) in [5.41, 5.74) is 0.326. The number of hydrogen-bond acceptors (Lipinski definition) is 4. The van der Waals surface area contributed by atoms with Crippen LogP contribution in [0.4, 0.5) is 0 Å². The fourth-order valence-electron chi connectivity index (χ4n) is 3.45. The Morgan fingerprint density at radius 2 is 1.76 bits per heavy atom. The summed E-state index contributed by atoms with van der Waals surface area (Å²) in [6.45, 7) is 1.06. The highest BCUT2D eigenvalue weighted by Crippen LogP contribution is 2.21. The second kappa shape index (κ2) is 8.60. The maximum Gasteiger partial charge on any atom is 0.267 e. The molecule has 1 amide bonds. The summed E-state index contributed by atoms with van der Waals surface area (Å²) in [5, 5.41) is 3.07. The lowest BCUT2D eigenvalue weighted by Gasteiger charge is -2.24. The molecule has 2 heterocycles. The zero-order valence-electron chi connectivity index (χ0n) is 14.5. The van der Waals surface area contributed by atoms with Gasteiger partial charge in [-0.15, -0.1) is 0 Å². The van der Waals surface area contributed by atoms with Crippen molar-refractivity contribution in [2.45, 2.75) is 55.9 Å². The van der Waals surface area contributed by atoms with Crippen LogP contribution >= 0.6 is 11.8 Å². The lowest BCUT2D eigenvalue weighted by molar-refractivity contribution is 0.0926. The molecule has 6 nitrogen and oxygen atoms in total. The molecule has 1 aromatic heterocycles. The van der Waals surface area contributed by atoms with E-state index in [0.717, 1.165) is 37.2 Å². The van der Waals surface area contributed by atoms with Crippen molar-refractivity contribution in [3.05, 3.63) is 18.0 Å². The Morgan fingerprint density at radius 1 is 1.12 bits per heavy atom. The number of rotatable bonds is 4. The van der Waals surface area contributed by atoms with E-state index < -0.39 is 10.0 Å². The van der Waals surface area contributed by atoms with Gasteiger partial charge in [0.1, 0.15) is 10.6 Å². The van der Waals surface area contributed by atoms with Gasteiger partial charge in [0.2, 0.25) is 10.0 Å². The van der Waals surface area contributed by atoms with Gasteiger partial charge in [0.25, 0.3) is 5.91 Å². The number of carbonyl (C=O) groups is 1. The minimum absolute atomic E-state index is 0.183. The number of carbonyl (C=O) groups excluding carboxylic acids is 1. The summed E-state index contributed by atoms with van der Waals surface area (Å²) in [4.78, 5) is 15.5. The van der Waals surface area contributed by atoms with Crippen molar-refractivity contribution in [2.75, 3.05) is 24.6 Å². The largest absolute Gasteiger partial charge is 0.356 e. The molecule has 0 unspecified atom stereocenters. The second-order valence-electron chi connectivity index (χ2n) is 6.78. The van der Waals surface area contributed by atoms with Gasteiger partial charge in [0.05, 0.1) is 0 Å². The van der Waals surface area contributed by atoms with Crippen molar-refractivity contribution in [3.63, 3.8) is 0 Å². The van der Waals surface area contributed by atoms with E-state index in [1.807, 2.05) is 0 Å². The average Bonchev–Trinajstić information content (AvgIpc) is 3.09. The normalized spacial score (nSPS) is 21.4. The van der Waals surface area contributed by atoms with E-state index in [2.05, 4.69) is 10.3 Å². The van der Waals surface area contributed by atoms with Gasteiger partial charge < -0.3 is 10.3 Å². The molecule has 2 N–H and O–H groups in total. The van der Waals surface area contributed by atoms with E-state index in [4.69, 9.17) is 0 Å². The lowest BCUT2D eigenvalue weighted by atomic mass is 9.96. The van der Waals surface area contributed by atoms with Crippen LogP contribution in [0.5, 0.6) is 0 Å². The SMILES string of the molecule is O=C(NC1CCCCCCC1)c1cc(S(=O)(=O)N2CCSCC2)c[nH]1. The minimum Gasteiger partial charge on any atom is -0.356 e. The lowest BCUT2D eigenvalue weighted by Crippen LogP contribution is -2.37. The molecule has 3 rings (SSSR count). The average molecular weight is 386 g/mol. The molecule has 8 heteroatoms. The van der Waals surface area contributed by atoms with Crippen LogP contribution < -0.4 is 5.32 Å². The first-order valence-electron chi connectivity index (χ1n) is 9.14. The molecule has 0 atom stereocenters. The monoisotopic (exact) mass is 385 g/mol. The predicted molar refractivity (Wildman–Crippen MR) is 100 cm³/mol. The summed E-state index contributed by atoms with van der Waals surface area (Å²) >= 11 is 1.76. The van der Waals surface area contributed by atoms with Crippen LogP contribution in [0.2, 0.25) is 0 Å². The van der Waals surface area contributed by atoms with Crippen LogP contribution in [0, 0.1) is 0 Å². The highest BCUT2D eigenvalue weighted by Gasteiger charge is 2.28. The molecule has 1 aromatic rings. The van der Waals surface area contributed by atoms with Crippen molar-refractivity contribution in [1.29, 1.82) is 0 Å². The molecule has 0 bridgehead atoms. The molecule has 0 radical (unpaired) electrons. The molecular weight excluding hydrogens is 358 g/mol. The third kappa shape index (κ3) is 4.80. The van der Waals surface area contributed by atoms with E-state index >= 15 is 0 Å². The molecule has 2 fully saturated rings. The number of aromatic amines is 1. The first kappa shape index (κ1) is 18.8. The van der Waals surface area contributed by atoms with E-state index in [1.54, 1.807) is 11.8 Å². The molecule has 1 saturated heterocycles. The second-order valence-corrected chi connectivity index (χ2v) is 9.94. The molecule has 140 valence electrons. The molecular formula is C17H27N3O3S2. The minimum atomic E-state index is -3.51. The maximum absolute atomic E-state index is 12.7. The number of H-pyrrole nitrogens is 1. The van der Waals surface area contributed by atoms with Crippen LogP contribution in [0.15, 0.2) is 17.2 Å². The fraction of sp³-hybridized carbons (Fsp3) is 0.706. The zero-order valence-corrected chi connectivity index (χ0v) is 16.1. The molecule has 1 aliphatic carbocycles. The van der Waals surface area contributed by atoms with Crippen LogP contribution in [0.25, 0.3) is 0 Å². The fourth-order valence-corrected chi connectivity index (χ4v) is 6.02. The standard InChI is InChI=1S/C17H27N3O3S2/c21-17(19-14-6-4-2-1-3-5-7-14)16-12-15(13-18-16)25(22,23)20-8-10-24-11-9-20/h12-14,18H,1-11H2,(H,19,21). The Morgan fingerprint density at radius 3 is 2.44 bits per heavy atom. The Labute approximate surface area is 154 Å². The first-order chi connectivity index (χ1) is 12.1. The van der Waals surface area contributed by atoms with Crippen molar-refractivity contribution >= 4 is 27.7 Å². The smallest absolute Gasteiger partial charge is 0.267 e. The summed E-state index contributed by atoms with van der Waals surface area (Å²) < 4.78 is 26.8. The highest BCUT2D eigenvalue weighted by molar-refractivity contribution is 7.99. The Bertz CT molecular complexity index is 673. The molecule has 2 aliphatic rings. The van der Waals surface area contributed by atoms with Crippen molar-refractivity contribution in [2.24, 2.45) is 0 Å². The summed E-state index contributed by atoms with van der Waals surface area (Å²) in [5.74, 6) is 1.43. The van der Waals surface area contributed by atoms with Gasteiger partial charge in [-0.05, 0) is 18.9 Å². The van der Waals surface area contributed by atoms with E-state index in [1.165, 1.54) is 35.8 Å². The van der Waals surface area contributed by atoms with E-state index in [-0.39, 0.29) is 16.8 Å². The number of thioether (sulfide) groups is 1. The first-order valence-corrected chi connectivity index (χ1v) is 11.7. The zero-order chi connectivity index (χ0) is 17.7. The van der Waals surface area contributed by atoms with Gasteiger partial charge in [0, 0.05) is 36.8 Å². The van der Waals surface area contributed by atoms with Crippen molar-refractivity contribution < 1.29 is 13.2 Å². The summed E-state index contributed by atoms with van der Waals surface area (Å²) in [6, 6.07) is 1.66. The third-order valence-electron chi connectivity index (χ3n) is 4.95. The number of sulfonamides is 1. The van der Waals surface area contributed by atoms with Crippen LogP contribution in [0.1, 0.15) is 55.4 Å². The van der Waals surface area contributed by atoms with Crippen molar-refractivity contribution in [1.82, 2.24) is 14.6 Å². The molecule has 25 heavy (non-hydrogen) atoms. The third-order valence-corrected chi connectivity index (χ3v) is 7.77. The molecule has 0 aromatic carbocycles. The molecule has 1 saturated carbocycles. The predicted octanol–water partition coefficient (Wildman–Crippen LogP) is 2.59. The highest BCUT2D eigenvalue weighted by atomic mass is 32.2. The molecule has 0 spiro atoms. The Balaban J connectivity index is 1.64. The van der Waals surface area contributed by atoms with Crippen LogP contribution in [0.3, 0.4) is 0 Å². The number of amides is 1. The topological polar surface area (TPSA) is 82.3 Å². The van der Waals surface area contributed by atoms with Crippen LogP contribution in [-0.2, 0) is 10.0 Å². The van der Waals surface area contributed by atoms with Gasteiger partial charge in [-0.1, -0.05) is 32.1 Å². The van der Waals surface area contributed by atoms with Gasteiger partial charge in [-0.2, -0.15) is 16.1 Å². The molecule has 1 aliphatic heterocycles.